The average Bonchev–Trinajstić information content (AvgIpc) is 2.82. The molecule has 6 nitrogen and oxygen atoms in total. The lowest BCUT2D eigenvalue weighted by Crippen LogP contribution is -2.34. The van der Waals surface area contributed by atoms with Crippen LogP contribution in [0, 0.1) is 5.92 Å². The number of nitrogens with one attached hydrogen (secondary N) is 3. The molecule has 170 valence electrons. The summed E-state index contributed by atoms with van der Waals surface area (Å²) in [7, 11) is 0. The average molecular weight is 462 g/mol. The van der Waals surface area contributed by atoms with Crippen molar-refractivity contribution in [2.45, 2.75) is 20.4 Å². The highest BCUT2D eigenvalue weighted by molar-refractivity contribution is 7.80. The van der Waals surface area contributed by atoms with Gasteiger partial charge in [-0.15, -0.1) is 0 Å². The Morgan fingerprint density at radius 1 is 0.879 bits per heavy atom. The fourth-order valence-electron chi connectivity index (χ4n) is 2.92. The van der Waals surface area contributed by atoms with Gasteiger partial charge in [0.25, 0.3) is 11.8 Å². The molecule has 3 aromatic carbocycles. The van der Waals surface area contributed by atoms with Crippen LogP contribution in [0.5, 0.6) is 5.75 Å². The second-order valence-electron chi connectivity index (χ2n) is 7.89. The molecule has 0 aliphatic rings. The zero-order valence-electron chi connectivity index (χ0n) is 18.6. The first kappa shape index (κ1) is 23.9. The maximum absolute atomic E-state index is 12.5. The molecule has 0 aliphatic carbocycles. The van der Waals surface area contributed by atoms with E-state index >= 15 is 0 Å². The lowest BCUT2D eigenvalue weighted by Gasteiger charge is -2.12. The number of amides is 2. The number of hydrogen-bond acceptors (Lipinski definition) is 4. The van der Waals surface area contributed by atoms with E-state index in [2.05, 4.69) is 29.8 Å². The Hall–Kier alpha value is -3.71. The van der Waals surface area contributed by atoms with Gasteiger partial charge in [0.05, 0.1) is 6.61 Å². The molecule has 3 aromatic rings. The first-order valence-corrected chi connectivity index (χ1v) is 11.1. The zero-order valence-corrected chi connectivity index (χ0v) is 19.4. The summed E-state index contributed by atoms with van der Waals surface area (Å²) < 4.78 is 5.63. The summed E-state index contributed by atoms with van der Waals surface area (Å²) in [6, 6.07) is 23.5. The summed E-state index contributed by atoms with van der Waals surface area (Å²) in [5.74, 6) is 0.602. The smallest absolute Gasteiger partial charge is 0.257 e. The molecule has 0 atom stereocenters. The Morgan fingerprint density at radius 3 is 2.30 bits per heavy atom. The van der Waals surface area contributed by atoms with Crippen LogP contribution in [0.1, 0.15) is 40.1 Å². The van der Waals surface area contributed by atoms with Crippen LogP contribution in [0.3, 0.4) is 0 Å². The van der Waals surface area contributed by atoms with Gasteiger partial charge in [-0.3, -0.25) is 14.9 Å². The molecule has 7 heteroatoms. The van der Waals surface area contributed by atoms with E-state index < -0.39 is 0 Å². The number of hydrogen-bond donors (Lipinski definition) is 3. The largest absolute Gasteiger partial charge is 0.493 e. The van der Waals surface area contributed by atoms with Gasteiger partial charge in [-0.2, -0.15) is 0 Å². The summed E-state index contributed by atoms with van der Waals surface area (Å²) in [6.07, 6.45) is 0. The first-order valence-electron chi connectivity index (χ1n) is 10.7. The van der Waals surface area contributed by atoms with Crippen LogP contribution >= 0.6 is 12.2 Å². The third kappa shape index (κ3) is 7.73. The summed E-state index contributed by atoms with van der Waals surface area (Å²) >= 11 is 5.26. The van der Waals surface area contributed by atoms with Crippen LogP contribution < -0.4 is 20.7 Å². The summed E-state index contributed by atoms with van der Waals surface area (Å²) in [5, 5.41) is 8.63. The van der Waals surface area contributed by atoms with Gasteiger partial charge in [-0.05, 0) is 66.2 Å². The van der Waals surface area contributed by atoms with Gasteiger partial charge in [-0.25, -0.2) is 0 Å². The van der Waals surface area contributed by atoms with Gasteiger partial charge in [0, 0.05) is 23.4 Å². The molecule has 0 fully saturated rings. The van der Waals surface area contributed by atoms with E-state index in [1.807, 2.05) is 30.3 Å². The minimum atomic E-state index is -0.334. The third-order valence-electron chi connectivity index (χ3n) is 4.61. The Bertz CT molecular complexity index is 1100. The van der Waals surface area contributed by atoms with Crippen molar-refractivity contribution in [2.75, 3.05) is 11.9 Å². The van der Waals surface area contributed by atoms with E-state index in [4.69, 9.17) is 17.0 Å². The topological polar surface area (TPSA) is 79.5 Å². The number of rotatable bonds is 8. The number of carbonyl (C=O) groups excluding carboxylic acids is 2. The lowest BCUT2D eigenvalue weighted by atomic mass is 10.1. The van der Waals surface area contributed by atoms with E-state index in [0.29, 0.717) is 41.6 Å². The van der Waals surface area contributed by atoms with Crippen molar-refractivity contribution in [3.05, 3.63) is 95.6 Å². The number of carbonyl (C=O) groups is 2. The minimum Gasteiger partial charge on any atom is -0.493 e. The van der Waals surface area contributed by atoms with E-state index in [9.17, 15) is 9.59 Å². The first-order chi connectivity index (χ1) is 15.9. The van der Waals surface area contributed by atoms with Crippen molar-refractivity contribution < 1.29 is 14.3 Å². The molecule has 0 heterocycles. The molecule has 0 bridgehead atoms. The maximum atomic E-state index is 12.5. The molecule has 33 heavy (non-hydrogen) atoms. The molecular formula is C26H27N3O3S. The van der Waals surface area contributed by atoms with Gasteiger partial charge in [0.15, 0.2) is 5.11 Å². The number of thiocarbonyl (C=S) groups is 1. The summed E-state index contributed by atoms with van der Waals surface area (Å²) in [4.78, 5) is 25.0. The normalized spacial score (nSPS) is 10.4. The highest BCUT2D eigenvalue weighted by Gasteiger charge is 2.10. The van der Waals surface area contributed by atoms with Crippen LogP contribution in [0.4, 0.5) is 5.69 Å². The van der Waals surface area contributed by atoms with Crippen molar-refractivity contribution >= 4 is 34.8 Å². The Labute approximate surface area is 199 Å². The van der Waals surface area contributed by atoms with Gasteiger partial charge >= 0.3 is 0 Å². The zero-order chi connectivity index (χ0) is 23.6. The highest BCUT2D eigenvalue weighted by atomic mass is 32.1. The van der Waals surface area contributed by atoms with E-state index in [0.717, 1.165) is 5.56 Å². The predicted octanol–water partition coefficient (Wildman–Crippen LogP) is 4.78. The van der Waals surface area contributed by atoms with Crippen LogP contribution in [-0.2, 0) is 6.54 Å². The number of ether oxygens (including phenoxy) is 1. The van der Waals surface area contributed by atoms with Gasteiger partial charge in [-0.1, -0.05) is 50.2 Å². The van der Waals surface area contributed by atoms with Crippen LogP contribution in [0.15, 0.2) is 78.9 Å². The molecule has 0 spiro atoms. The molecule has 0 saturated carbocycles. The van der Waals surface area contributed by atoms with Gasteiger partial charge < -0.3 is 15.4 Å². The fourth-order valence-corrected chi connectivity index (χ4v) is 3.13. The monoisotopic (exact) mass is 461 g/mol. The van der Waals surface area contributed by atoms with Crippen LogP contribution in [0.25, 0.3) is 0 Å². The predicted molar refractivity (Wildman–Crippen MR) is 135 cm³/mol. The third-order valence-corrected chi connectivity index (χ3v) is 4.81. The van der Waals surface area contributed by atoms with Crippen molar-refractivity contribution in [1.82, 2.24) is 10.6 Å². The van der Waals surface area contributed by atoms with E-state index in [1.54, 1.807) is 48.5 Å². The molecular weight excluding hydrogens is 434 g/mol. The van der Waals surface area contributed by atoms with Crippen LogP contribution in [0.2, 0.25) is 0 Å². The van der Waals surface area contributed by atoms with E-state index in [-0.39, 0.29) is 16.9 Å². The Balaban J connectivity index is 1.52. The summed E-state index contributed by atoms with van der Waals surface area (Å²) in [6.45, 7) is 5.20. The van der Waals surface area contributed by atoms with Gasteiger partial charge in [0.2, 0.25) is 0 Å². The molecule has 0 saturated heterocycles. The van der Waals surface area contributed by atoms with Crippen LogP contribution in [-0.4, -0.2) is 23.5 Å². The molecule has 0 aromatic heterocycles. The SMILES string of the molecule is CC(C)COc1ccc(C(=O)NC(=S)Nc2cccc(C(=O)NCc3ccccc3)c2)cc1. The quantitative estimate of drug-likeness (QED) is 0.421. The second-order valence-corrected chi connectivity index (χ2v) is 8.29. The second kappa shape index (κ2) is 11.8. The standard InChI is InChI=1S/C26H27N3O3S/c1-18(2)17-32-23-13-11-20(12-14-23)25(31)29-26(33)28-22-10-6-9-21(15-22)24(30)27-16-19-7-4-3-5-8-19/h3-15,18H,16-17H2,1-2H3,(H,27,30)(H2,28,29,31,33). The van der Waals surface area contributed by atoms with E-state index in [1.165, 1.54) is 0 Å². The maximum Gasteiger partial charge on any atom is 0.257 e. The molecule has 0 unspecified atom stereocenters. The number of benzene rings is 3. The summed E-state index contributed by atoms with van der Waals surface area (Å²) in [5.41, 5.74) is 2.57. The van der Waals surface area contributed by atoms with Gasteiger partial charge in [0.1, 0.15) is 5.75 Å². The Kier molecular flexibility index (Phi) is 8.55. The molecule has 3 N–H and O–H groups in total. The lowest BCUT2D eigenvalue weighted by molar-refractivity contribution is 0.0948. The molecule has 2 amide bonds. The van der Waals surface area contributed by atoms with Crippen molar-refractivity contribution in [2.24, 2.45) is 5.92 Å². The molecule has 0 aliphatic heterocycles. The Morgan fingerprint density at radius 2 is 1.61 bits per heavy atom. The van der Waals surface area contributed by atoms with Crippen molar-refractivity contribution in [3.8, 4) is 5.75 Å². The molecule has 0 radical (unpaired) electrons. The van der Waals surface area contributed by atoms with Crippen molar-refractivity contribution in [1.29, 1.82) is 0 Å². The highest BCUT2D eigenvalue weighted by Crippen LogP contribution is 2.14. The number of anilines is 1. The molecule has 3 rings (SSSR count). The van der Waals surface area contributed by atoms with Crippen molar-refractivity contribution in [3.63, 3.8) is 0 Å². The fraction of sp³-hybridized carbons (Fsp3) is 0.192. The minimum absolute atomic E-state index is 0.141.